The molecule has 0 aliphatic rings. The fourth-order valence-corrected chi connectivity index (χ4v) is 2.07. The van der Waals surface area contributed by atoms with Crippen LogP contribution < -0.4 is 0 Å². The first-order valence-electron chi connectivity index (χ1n) is 6.74. The zero-order chi connectivity index (χ0) is 17.2. The van der Waals surface area contributed by atoms with Gasteiger partial charge in [0, 0.05) is 6.20 Å². The van der Waals surface area contributed by atoms with Crippen molar-refractivity contribution in [2.75, 3.05) is 13.2 Å². The number of rotatable bonds is 4. The average Bonchev–Trinajstić information content (AvgIpc) is 2.86. The Morgan fingerprint density at radius 2 is 1.78 bits per heavy atom. The summed E-state index contributed by atoms with van der Waals surface area (Å²) in [6.45, 7) is 2.95. The molecule has 23 heavy (non-hydrogen) atoms. The topological polar surface area (TPSA) is 69.9 Å². The molecule has 0 bridgehead atoms. The van der Waals surface area contributed by atoms with Crippen molar-refractivity contribution in [1.82, 2.24) is 9.61 Å². The summed E-state index contributed by atoms with van der Waals surface area (Å²) in [5.41, 5.74) is -2.70. The minimum Gasteiger partial charge on any atom is -0.462 e. The van der Waals surface area contributed by atoms with Crippen LogP contribution in [0.5, 0.6) is 0 Å². The van der Waals surface area contributed by atoms with Crippen LogP contribution in [0.15, 0.2) is 18.3 Å². The predicted octanol–water partition coefficient (Wildman–Crippen LogP) is 2.71. The second kappa shape index (κ2) is 6.27. The number of hydrogen-bond donors (Lipinski definition) is 0. The Kier molecular flexibility index (Phi) is 4.57. The Bertz CT molecular complexity index is 752. The van der Waals surface area contributed by atoms with Crippen molar-refractivity contribution in [1.29, 1.82) is 0 Å². The van der Waals surface area contributed by atoms with Crippen LogP contribution in [0.3, 0.4) is 0 Å². The smallest absolute Gasteiger partial charge is 0.418 e. The molecule has 0 spiro atoms. The largest absolute Gasteiger partial charge is 0.462 e. The van der Waals surface area contributed by atoms with Gasteiger partial charge in [0.2, 0.25) is 0 Å². The van der Waals surface area contributed by atoms with Gasteiger partial charge in [-0.1, -0.05) is 0 Å². The van der Waals surface area contributed by atoms with Crippen molar-refractivity contribution in [2.45, 2.75) is 20.0 Å². The molecule has 2 aromatic heterocycles. The van der Waals surface area contributed by atoms with Gasteiger partial charge < -0.3 is 9.47 Å². The van der Waals surface area contributed by atoms with Crippen LogP contribution >= 0.6 is 0 Å². The fourth-order valence-electron chi connectivity index (χ4n) is 2.07. The Labute approximate surface area is 128 Å². The average molecular weight is 330 g/mol. The lowest BCUT2D eigenvalue weighted by molar-refractivity contribution is -0.136. The number of carbonyl (C=O) groups is 2. The van der Waals surface area contributed by atoms with E-state index < -0.39 is 40.5 Å². The maximum absolute atomic E-state index is 13.2. The number of hydrogen-bond acceptors (Lipinski definition) is 5. The van der Waals surface area contributed by atoms with Gasteiger partial charge >= 0.3 is 18.1 Å². The van der Waals surface area contributed by atoms with Gasteiger partial charge in [-0.05, 0) is 26.0 Å². The molecule has 0 unspecified atom stereocenters. The lowest BCUT2D eigenvalue weighted by Crippen LogP contribution is -2.14. The summed E-state index contributed by atoms with van der Waals surface area (Å²) < 4.78 is 49.9. The Hall–Kier alpha value is -2.58. The lowest BCUT2D eigenvalue weighted by atomic mass is 10.1. The van der Waals surface area contributed by atoms with Gasteiger partial charge in [-0.2, -0.15) is 18.3 Å². The number of esters is 2. The SMILES string of the molecule is CCOC(=O)c1nn2cccc(C(F)(F)F)c2c1C(=O)OCC. The molecule has 9 heteroatoms. The molecule has 124 valence electrons. The zero-order valence-corrected chi connectivity index (χ0v) is 12.3. The normalized spacial score (nSPS) is 11.5. The van der Waals surface area contributed by atoms with Gasteiger partial charge in [-0.3, -0.25) is 0 Å². The van der Waals surface area contributed by atoms with E-state index in [9.17, 15) is 22.8 Å². The molecular formula is C14H13F3N2O4. The van der Waals surface area contributed by atoms with E-state index in [4.69, 9.17) is 9.47 Å². The van der Waals surface area contributed by atoms with Crippen LogP contribution in [0.25, 0.3) is 5.52 Å². The highest BCUT2D eigenvalue weighted by Gasteiger charge is 2.38. The minimum absolute atomic E-state index is 0.0128. The molecule has 0 radical (unpaired) electrons. The zero-order valence-electron chi connectivity index (χ0n) is 12.3. The number of alkyl halides is 3. The first-order chi connectivity index (χ1) is 10.8. The van der Waals surface area contributed by atoms with Crippen molar-refractivity contribution >= 4 is 17.5 Å². The summed E-state index contributed by atoms with van der Waals surface area (Å²) >= 11 is 0. The summed E-state index contributed by atoms with van der Waals surface area (Å²) in [6.07, 6.45) is -3.52. The standard InChI is InChI=1S/C14H13F3N2O4/c1-3-22-12(20)9-10(13(21)23-4-2)18-19-7-5-6-8(11(9)19)14(15,16)17/h5-7H,3-4H2,1-2H3. The summed E-state index contributed by atoms with van der Waals surface area (Å²) in [7, 11) is 0. The Morgan fingerprint density at radius 1 is 1.17 bits per heavy atom. The van der Waals surface area contributed by atoms with Crippen molar-refractivity contribution in [3.05, 3.63) is 35.2 Å². The van der Waals surface area contributed by atoms with E-state index in [0.717, 1.165) is 16.6 Å². The fraction of sp³-hybridized carbons (Fsp3) is 0.357. The maximum Gasteiger partial charge on any atom is 0.418 e. The molecule has 0 saturated heterocycles. The van der Waals surface area contributed by atoms with Crippen molar-refractivity contribution in [3.8, 4) is 0 Å². The molecule has 0 aliphatic carbocycles. The third-order valence-corrected chi connectivity index (χ3v) is 2.91. The third-order valence-electron chi connectivity index (χ3n) is 2.91. The molecular weight excluding hydrogens is 317 g/mol. The van der Waals surface area contributed by atoms with Gasteiger partial charge in [0.15, 0.2) is 5.69 Å². The molecule has 2 rings (SSSR count). The highest BCUT2D eigenvalue weighted by atomic mass is 19.4. The van der Waals surface area contributed by atoms with Gasteiger partial charge in [0.05, 0.1) is 24.3 Å². The monoisotopic (exact) mass is 330 g/mol. The van der Waals surface area contributed by atoms with Crippen molar-refractivity contribution in [3.63, 3.8) is 0 Å². The molecule has 0 aliphatic heterocycles. The van der Waals surface area contributed by atoms with Gasteiger partial charge in [0.1, 0.15) is 5.56 Å². The van der Waals surface area contributed by atoms with E-state index in [2.05, 4.69) is 5.10 Å². The second-order valence-electron chi connectivity index (χ2n) is 4.38. The van der Waals surface area contributed by atoms with Crippen LogP contribution in [0.4, 0.5) is 13.2 Å². The highest BCUT2D eigenvalue weighted by molar-refractivity contribution is 6.07. The molecule has 2 aromatic rings. The summed E-state index contributed by atoms with van der Waals surface area (Å²) in [6, 6.07) is 1.92. The predicted molar refractivity (Wildman–Crippen MR) is 72.1 cm³/mol. The minimum atomic E-state index is -4.73. The molecule has 0 aromatic carbocycles. The van der Waals surface area contributed by atoms with Gasteiger partial charge in [0.25, 0.3) is 0 Å². The molecule has 0 fully saturated rings. The van der Waals surface area contributed by atoms with E-state index in [-0.39, 0.29) is 13.2 Å². The summed E-state index contributed by atoms with van der Waals surface area (Å²) in [5, 5.41) is 3.75. The Balaban J connectivity index is 2.79. The number of fused-ring (bicyclic) bond motifs is 1. The molecule has 0 atom stereocenters. The van der Waals surface area contributed by atoms with E-state index in [0.29, 0.717) is 0 Å². The maximum atomic E-state index is 13.2. The number of ether oxygens (including phenoxy) is 2. The van der Waals surface area contributed by atoms with Crippen LogP contribution in [-0.2, 0) is 15.7 Å². The summed E-state index contributed by atoms with van der Waals surface area (Å²) in [5.74, 6) is -2.06. The van der Waals surface area contributed by atoms with Crippen LogP contribution in [-0.4, -0.2) is 34.8 Å². The van der Waals surface area contributed by atoms with Crippen molar-refractivity contribution < 1.29 is 32.2 Å². The molecule has 6 nitrogen and oxygen atoms in total. The first-order valence-corrected chi connectivity index (χ1v) is 6.74. The van der Waals surface area contributed by atoms with Crippen LogP contribution in [0, 0.1) is 0 Å². The number of halogens is 3. The molecule has 0 saturated carbocycles. The van der Waals surface area contributed by atoms with Crippen LogP contribution in [0.1, 0.15) is 40.3 Å². The van der Waals surface area contributed by atoms with E-state index >= 15 is 0 Å². The second-order valence-corrected chi connectivity index (χ2v) is 4.38. The lowest BCUT2D eigenvalue weighted by Gasteiger charge is -2.09. The van der Waals surface area contributed by atoms with Gasteiger partial charge in [-0.15, -0.1) is 0 Å². The highest BCUT2D eigenvalue weighted by Crippen LogP contribution is 2.35. The quantitative estimate of drug-likeness (QED) is 0.806. The van der Waals surface area contributed by atoms with Crippen molar-refractivity contribution in [2.24, 2.45) is 0 Å². The molecule has 0 N–H and O–H groups in total. The molecule has 2 heterocycles. The van der Waals surface area contributed by atoms with E-state index in [1.54, 1.807) is 0 Å². The number of carbonyl (C=O) groups excluding carboxylic acids is 2. The third kappa shape index (κ3) is 3.13. The first kappa shape index (κ1) is 16.8. The van der Waals surface area contributed by atoms with Crippen LogP contribution in [0.2, 0.25) is 0 Å². The van der Waals surface area contributed by atoms with E-state index in [1.165, 1.54) is 20.0 Å². The van der Waals surface area contributed by atoms with Gasteiger partial charge in [-0.25, -0.2) is 14.1 Å². The molecule has 0 amide bonds. The number of aromatic nitrogens is 2. The Morgan fingerprint density at radius 3 is 2.35 bits per heavy atom. The number of nitrogens with zero attached hydrogens (tertiary/aromatic N) is 2. The van der Waals surface area contributed by atoms with E-state index in [1.807, 2.05) is 0 Å². The summed E-state index contributed by atoms with van der Waals surface area (Å²) in [4.78, 5) is 24.0. The number of pyridine rings is 1.